The van der Waals surface area contributed by atoms with Crippen LogP contribution in [0.5, 0.6) is 0 Å². The van der Waals surface area contributed by atoms with Crippen LogP contribution in [0, 0.1) is 0 Å². The second kappa shape index (κ2) is 10.1. The molecule has 0 nitrogen and oxygen atoms in total. The third-order valence-electron chi connectivity index (χ3n) is 0.598. The maximum absolute atomic E-state index is 2.38. The predicted molar refractivity (Wildman–Crippen MR) is 24.4 cm³/mol. The van der Waals surface area contributed by atoms with E-state index in [9.17, 15) is 0 Å². The van der Waals surface area contributed by atoms with Crippen molar-refractivity contribution in [1.29, 1.82) is 0 Å². The summed E-state index contributed by atoms with van der Waals surface area (Å²) in [6.07, 6.45) is 4.47. The molecule has 0 unspecified atom stereocenters. The van der Waals surface area contributed by atoms with Crippen LogP contribution in [0.3, 0.4) is 0 Å². The zero-order valence-corrected chi connectivity index (χ0v) is 13.0. The fraction of sp³-hybridized carbons (Fsp3) is 0. The van der Waals surface area contributed by atoms with Gasteiger partial charge < -0.3 is 37.2 Å². The van der Waals surface area contributed by atoms with Gasteiger partial charge in [-0.3, -0.25) is 0 Å². The normalized spacial score (nSPS) is 12.4. The molecule has 0 aromatic carbocycles. The first-order valence-corrected chi connectivity index (χ1v) is 7.16. The number of hydrogen-bond acceptors (Lipinski definition) is 0. The van der Waals surface area contributed by atoms with Gasteiger partial charge in [-0.25, -0.2) is 0 Å². The number of hydrogen-bond donors (Lipinski definition) is 0. The van der Waals surface area contributed by atoms with E-state index in [-0.39, 0.29) is 60.5 Å². The molecule has 0 aromatic rings. The molecular weight excluding hydrogens is 455 g/mol. The molecule has 0 bridgehead atoms. The van der Waals surface area contributed by atoms with Crippen LogP contribution in [-0.4, -0.2) is 23.2 Å². The minimum absolute atomic E-state index is 0. The molecule has 1 rings (SSSR count). The molecule has 0 atom stereocenters. The Morgan fingerprint density at radius 2 is 1.78 bits per heavy atom. The van der Waals surface area contributed by atoms with Crippen molar-refractivity contribution in [1.82, 2.24) is 0 Å². The molecule has 0 aromatic heterocycles. The molecule has 0 fully saturated rings. The van der Waals surface area contributed by atoms with Crippen molar-refractivity contribution in [3.8, 4) is 0 Å². The van der Waals surface area contributed by atoms with E-state index in [1.807, 2.05) is 0 Å². The summed E-state index contributed by atoms with van der Waals surface area (Å²) in [5.41, 5.74) is 0. The van der Waals surface area contributed by atoms with Crippen LogP contribution < -0.4 is 37.2 Å². The molecular formula is C4H4BiCl3Zr. The third-order valence-corrected chi connectivity index (χ3v) is 7.37. The van der Waals surface area contributed by atoms with E-state index in [4.69, 9.17) is 0 Å². The van der Waals surface area contributed by atoms with Gasteiger partial charge in [-0.15, -0.1) is 0 Å². The average molecular weight is 459 g/mol. The van der Waals surface area contributed by atoms with Crippen LogP contribution in [0.2, 0.25) is 0 Å². The van der Waals surface area contributed by atoms with Crippen molar-refractivity contribution in [2.45, 2.75) is 0 Å². The quantitative estimate of drug-likeness (QED) is 0.317. The summed E-state index contributed by atoms with van der Waals surface area (Å²) in [5.74, 6) is 0. The Hall–Kier alpha value is 2.12. The fourth-order valence-electron chi connectivity index (χ4n) is 0.330. The molecule has 9 heavy (non-hydrogen) atoms. The van der Waals surface area contributed by atoms with E-state index in [0.29, 0.717) is 0 Å². The summed E-state index contributed by atoms with van der Waals surface area (Å²) < 4.78 is 4.13. The summed E-state index contributed by atoms with van der Waals surface area (Å²) in [6, 6.07) is 0. The summed E-state index contributed by atoms with van der Waals surface area (Å²) >= 11 is 1.43. The molecule has 0 spiro atoms. The van der Waals surface area contributed by atoms with E-state index in [2.05, 4.69) is 15.9 Å². The van der Waals surface area contributed by atoms with Crippen LogP contribution in [0.4, 0.5) is 0 Å². The van der Waals surface area contributed by atoms with E-state index < -0.39 is 0 Å². The molecule has 0 aliphatic carbocycles. The molecule has 1 aliphatic rings. The Bertz CT molecular complexity index is 112. The molecule has 1 aliphatic heterocycles. The minimum atomic E-state index is -0.219. The van der Waals surface area contributed by atoms with Gasteiger partial charge in [-0.1, -0.05) is 0 Å². The Morgan fingerprint density at radius 3 is 1.89 bits per heavy atom. The molecule has 50 valence electrons. The van der Waals surface area contributed by atoms with Crippen molar-refractivity contribution < 1.29 is 61.9 Å². The second-order valence-corrected chi connectivity index (χ2v) is 11.7. The van der Waals surface area contributed by atoms with Crippen LogP contribution in [0.15, 0.2) is 16.9 Å². The zero-order valence-electron chi connectivity index (χ0n) is 4.37. The number of halogens is 3. The van der Waals surface area contributed by atoms with Crippen molar-refractivity contribution in [2.75, 3.05) is 0 Å². The molecule has 0 saturated carbocycles. The van der Waals surface area contributed by atoms with Crippen LogP contribution in [-0.2, 0) is 24.7 Å². The van der Waals surface area contributed by atoms with Crippen LogP contribution in [0.25, 0.3) is 0 Å². The third kappa shape index (κ3) is 8.02. The predicted octanol–water partition coefficient (Wildman–Crippen LogP) is -8.65. The van der Waals surface area contributed by atoms with Gasteiger partial charge in [0.15, 0.2) is 0 Å². The van der Waals surface area contributed by atoms with Gasteiger partial charge in [0.05, 0.1) is 0 Å². The standard InChI is InChI=1S/C4H3.Bi.3ClH.Zr.H/c1-3-4-2;;;;;;/h1,3-4H;;3*1H;;/q;;;;;+3;/p-3. The molecule has 0 radical (unpaired) electrons. The van der Waals surface area contributed by atoms with Crippen molar-refractivity contribution in [3.63, 3.8) is 0 Å². The Balaban J connectivity index is -0.000000120. The first-order valence-electron chi connectivity index (χ1n) is 1.74. The van der Waals surface area contributed by atoms with Gasteiger partial charge in [0.25, 0.3) is 0 Å². The van der Waals surface area contributed by atoms with E-state index in [1.54, 1.807) is 25.7 Å². The molecule has 1 heterocycles. The van der Waals surface area contributed by atoms with Crippen molar-refractivity contribution in [3.05, 3.63) is 16.9 Å². The average Bonchev–Trinajstić information content (AvgIpc) is 1.86. The van der Waals surface area contributed by atoms with Crippen LogP contribution >= 0.6 is 0 Å². The Kier molecular flexibility index (Phi) is 19.4. The Labute approximate surface area is 101 Å². The Morgan fingerprint density at radius 1 is 1.22 bits per heavy atom. The summed E-state index contributed by atoms with van der Waals surface area (Å²) in [6.45, 7) is 0. The topological polar surface area (TPSA) is 0 Å². The van der Waals surface area contributed by atoms with Gasteiger partial charge in [0.2, 0.25) is 0 Å². The maximum atomic E-state index is 2.38. The fourth-order valence-corrected chi connectivity index (χ4v) is 4.56. The van der Waals surface area contributed by atoms with Gasteiger partial charge in [0, 0.05) is 0 Å². The first kappa shape index (κ1) is 17.3. The van der Waals surface area contributed by atoms with Gasteiger partial charge in [-0.05, 0) is 0 Å². The SMILES string of the molecule is [Cl-].[Cl-].[Cl-].[Zr+3][C]1=CC=[CH][BiH]1. The summed E-state index contributed by atoms with van der Waals surface area (Å²) in [5, 5.41) is 0. The van der Waals surface area contributed by atoms with Gasteiger partial charge >= 0.3 is 64.9 Å². The molecule has 0 N–H and O–H groups in total. The zero-order chi connectivity index (χ0) is 4.41. The summed E-state index contributed by atoms with van der Waals surface area (Å²) in [7, 11) is 0. The first-order chi connectivity index (χ1) is 2.89. The molecule has 0 saturated heterocycles. The molecule has 5 heteroatoms. The second-order valence-electron chi connectivity index (χ2n) is 1.08. The van der Waals surface area contributed by atoms with Crippen LogP contribution in [0.1, 0.15) is 0 Å². The van der Waals surface area contributed by atoms with E-state index >= 15 is 0 Å². The molecule has 0 amide bonds. The monoisotopic (exact) mass is 456 g/mol. The van der Waals surface area contributed by atoms with E-state index in [1.165, 1.54) is 0 Å². The van der Waals surface area contributed by atoms with Gasteiger partial charge in [-0.2, -0.15) is 0 Å². The van der Waals surface area contributed by atoms with Crippen molar-refractivity contribution in [2.24, 2.45) is 0 Å². The van der Waals surface area contributed by atoms with Gasteiger partial charge in [0.1, 0.15) is 0 Å². The van der Waals surface area contributed by atoms with E-state index in [0.717, 1.165) is 0 Å². The number of allylic oxidation sites excluding steroid dienone is 2. The van der Waals surface area contributed by atoms with Crippen molar-refractivity contribution >= 4 is 23.2 Å². The summed E-state index contributed by atoms with van der Waals surface area (Å²) in [4.78, 5) is 0. The number of rotatable bonds is 0.